The number of nitrogens with zero attached hydrogens (tertiary/aromatic N) is 3. The highest BCUT2D eigenvalue weighted by atomic mass is 19.3. The standard InChI is InChI=1S/C17H18F3N3O/c1-22-15-8-11(2-3-12(15)9-21-22)17(24)23(10-16(19)20)14-6-4-13(18)5-7-14/h4-7,9,11,16H,2-3,8,10H2,1H3/t11-/m0/s1. The number of halogens is 3. The molecule has 0 radical (unpaired) electrons. The van der Waals surface area contributed by atoms with Crippen molar-refractivity contribution in [3.8, 4) is 0 Å². The molecule has 1 atom stereocenters. The van der Waals surface area contributed by atoms with E-state index in [1.54, 1.807) is 10.9 Å². The van der Waals surface area contributed by atoms with Gasteiger partial charge in [-0.25, -0.2) is 13.2 Å². The second kappa shape index (κ2) is 6.67. The van der Waals surface area contributed by atoms with Gasteiger partial charge >= 0.3 is 0 Å². The number of rotatable bonds is 4. The number of fused-ring (bicyclic) bond motifs is 1. The van der Waals surface area contributed by atoms with Crippen LogP contribution in [0.25, 0.3) is 0 Å². The summed E-state index contributed by atoms with van der Waals surface area (Å²) in [4.78, 5) is 13.9. The van der Waals surface area contributed by atoms with Crippen molar-refractivity contribution in [1.82, 2.24) is 9.78 Å². The number of benzene rings is 1. The molecule has 0 bridgehead atoms. The highest BCUT2D eigenvalue weighted by Crippen LogP contribution is 2.28. The van der Waals surface area contributed by atoms with E-state index >= 15 is 0 Å². The summed E-state index contributed by atoms with van der Waals surface area (Å²) in [5.74, 6) is -1.20. The Balaban J connectivity index is 1.84. The van der Waals surface area contributed by atoms with E-state index in [-0.39, 0.29) is 17.5 Å². The van der Waals surface area contributed by atoms with Crippen molar-refractivity contribution >= 4 is 11.6 Å². The molecule has 0 spiro atoms. The van der Waals surface area contributed by atoms with E-state index in [0.29, 0.717) is 19.3 Å². The number of carbonyl (C=O) groups is 1. The molecule has 0 saturated heterocycles. The van der Waals surface area contributed by atoms with Crippen LogP contribution >= 0.6 is 0 Å². The Kier molecular flexibility index (Phi) is 4.59. The summed E-state index contributed by atoms with van der Waals surface area (Å²) < 4.78 is 40.7. The van der Waals surface area contributed by atoms with Crippen molar-refractivity contribution in [2.45, 2.75) is 25.7 Å². The summed E-state index contributed by atoms with van der Waals surface area (Å²) >= 11 is 0. The average molecular weight is 337 g/mol. The largest absolute Gasteiger partial charge is 0.306 e. The molecule has 0 unspecified atom stereocenters. The lowest BCUT2D eigenvalue weighted by atomic mass is 9.87. The van der Waals surface area contributed by atoms with Crippen LogP contribution in [-0.2, 0) is 24.7 Å². The summed E-state index contributed by atoms with van der Waals surface area (Å²) in [6, 6.07) is 5.05. The molecule has 1 aromatic heterocycles. The maximum atomic E-state index is 13.1. The molecule has 0 fully saturated rings. The summed E-state index contributed by atoms with van der Waals surface area (Å²) in [5.41, 5.74) is 2.36. The van der Waals surface area contributed by atoms with Crippen molar-refractivity contribution in [3.05, 3.63) is 47.5 Å². The minimum absolute atomic E-state index is 0.289. The number of alkyl halides is 2. The summed E-state index contributed by atoms with van der Waals surface area (Å²) in [5, 5.41) is 4.18. The third-order valence-corrected chi connectivity index (χ3v) is 4.42. The number of hydrogen-bond acceptors (Lipinski definition) is 2. The highest BCUT2D eigenvalue weighted by Gasteiger charge is 2.32. The molecular formula is C17H18F3N3O. The molecule has 4 nitrogen and oxygen atoms in total. The van der Waals surface area contributed by atoms with Gasteiger partial charge in [0.2, 0.25) is 5.91 Å². The van der Waals surface area contributed by atoms with Crippen LogP contribution in [0.1, 0.15) is 17.7 Å². The first kappa shape index (κ1) is 16.5. The van der Waals surface area contributed by atoms with E-state index in [4.69, 9.17) is 0 Å². The average Bonchev–Trinajstić information content (AvgIpc) is 2.93. The first-order valence-electron chi connectivity index (χ1n) is 7.80. The van der Waals surface area contributed by atoms with Crippen LogP contribution in [0.5, 0.6) is 0 Å². The van der Waals surface area contributed by atoms with E-state index < -0.39 is 18.8 Å². The predicted octanol–water partition coefficient (Wildman–Crippen LogP) is 2.96. The second-order valence-corrected chi connectivity index (χ2v) is 6.00. The fraction of sp³-hybridized carbons (Fsp3) is 0.412. The SMILES string of the molecule is Cn1ncc2c1C[C@@H](C(=O)N(CC(F)F)c1ccc(F)cc1)CC2. The lowest BCUT2D eigenvalue weighted by Gasteiger charge is -2.29. The summed E-state index contributed by atoms with van der Waals surface area (Å²) in [7, 11) is 1.81. The van der Waals surface area contributed by atoms with Crippen molar-refractivity contribution in [2.24, 2.45) is 13.0 Å². The molecule has 1 aliphatic carbocycles. The van der Waals surface area contributed by atoms with Crippen LogP contribution in [0.4, 0.5) is 18.9 Å². The van der Waals surface area contributed by atoms with Crippen LogP contribution < -0.4 is 4.90 Å². The number of carbonyl (C=O) groups excluding carboxylic acids is 1. The predicted molar refractivity (Wildman–Crippen MR) is 83.5 cm³/mol. The van der Waals surface area contributed by atoms with Crippen molar-refractivity contribution in [1.29, 1.82) is 0 Å². The van der Waals surface area contributed by atoms with E-state index in [2.05, 4.69) is 5.10 Å². The van der Waals surface area contributed by atoms with E-state index in [0.717, 1.165) is 16.2 Å². The molecule has 7 heteroatoms. The number of anilines is 1. The molecule has 1 aliphatic rings. The molecule has 0 N–H and O–H groups in total. The molecule has 3 rings (SSSR count). The quantitative estimate of drug-likeness (QED) is 0.860. The number of hydrogen-bond donors (Lipinski definition) is 0. The smallest absolute Gasteiger partial charge is 0.256 e. The maximum absolute atomic E-state index is 13.1. The normalized spacial score (nSPS) is 17.0. The van der Waals surface area contributed by atoms with Gasteiger partial charge in [-0.15, -0.1) is 0 Å². The van der Waals surface area contributed by atoms with E-state index in [1.165, 1.54) is 24.3 Å². The first-order chi connectivity index (χ1) is 11.5. The van der Waals surface area contributed by atoms with Crippen LogP contribution in [0.3, 0.4) is 0 Å². The van der Waals surface area contributed by atoms with Crippen molar-refractivity contribution < 1.29 is 18.0 Å². The number of amides is 1. The van der Waals surface area contributed by atoms with Crippen LogP contribution in [0, 0.1) is 11.7 Å². The Bertz CT molecular complexity index is 727. The Morgan fingerprint density at radius 2 is 2.08 bits per heavy atom. The Labute approximate surface area is 137 Å². The fourth-order valence-electron chi connectivity index (χ4n) is 3.16. The highest BCUT2D eigenvalue weighted by molar-refractivity contribution is 5.95. The summed E-state index contributed by atoms with van der Waals surface area (Å²) in [6.45, 7) is -0.695. The summed E-state index contributed by atoms with van der Waals surface area (Å²) in [6.07, 6.45) is 0.900. The van der Waals surface area contributed by atoms with Gasteiger partial charge in [0.25, 0.3) is 6.43 Å². The lowest BCUT2D eigenvalue weighted by Crippen LogP contribution is -2.41. The van der Waals surface area contributed by atoms with Gasteiger partial charge in [-0.2, -0.15) is 5.10 Å². The minimum atomic E-state index is -2.66. The third kappa shape index (κ3) is 3.29. The molecule has 1 amide bonds. The van der Waals surface area contributed by atoms with Crippen molar-refractivity contribution in [2.75, 3.05) is 11.4 Å². The molecule has 2 aromatic rings. The zero-order valence-corrected chi connectivity index (χ0v) is 13.3. The third-order valence-electron chi connectivity index (χ3n) is 4.42. The van der Waals surface area contributed by atoms with Gasteiger partial charge in [0.15, 0.2) is 0 Å². The molecule has 0 aliphatic heterocycles. The fourth-order valence-corrected chi connectivity index (χ4v) is 3.16. The lowest BCUT2D eigenvalue weighted by molar-refractivity contribution is -0.123. The van der Waals surface area contributed by atoms with Gasteiger partial charge in [0, 0.05) is 30.8 Å². The molecular weight excluding hydrogens is 319 g/mol. The molecule has 1 aromatic carbocycles. The van der Waals surface area contributed by atoms with Crippen LogP contribution in [-0.4, -0.2) is 28.7 Å². The Morgan fingerprint density at radius 1 is 1.38 bits per heavy atom. The van der Waals surface area contributed by atoms with Gasteiger partial charge < -0.3 is 4.90 Å². The molecule has 0 saturated carbocycles. The van der Waals surface area contributed by atoms with Gasteiger partial charge in [-0.1, -0.05) is 0 Å². The second-order valence-electron chi connectivity index (χ2n) is 6.00. The monoisotopic (exact) mass is 337 g/mol. The van der Waals surface area contributed by atoms with Crippen molar-refractivity contribution in [3.63, 3.8) is 0 Å². The van der Waals surface area contributed by atoms with E-state index in [1.807, 2.05) is 7.05 Å². The molecule has 24 heavy (non-hydrogen) atoms. The zero-order chi connectivity index (χ0) is 17.3. The van der Waals surface area contributed by atoms with Gasteiger partial charge in [0.1, 0.15) is 5.82 Å². The molecule has 1 heterocycles. The van der Waals surface area contributed by atoms with Gasteiger partial charge in [-0.3, -0.25) is 9.48 Å². The maximum Gasteiger partial charge on any atom is 0.256 e. The Morgan fingerprint density at radius 3 is 2.75 bits per heavy atom. The number of aromatic nitrogens is 2. The molecule has 128 valence electrons. The minimum Gasteiger partial charge on any atom is -0.306 e. The number of aryl methyl sites for hydroxylation is 2. The topological polar surface area (TPSA) is 38.1 Å². The van der Waals surface area contributed by atoms with Crippen LogP contribution in [0.2, 0.25) is 0 Å². The van der Waals surface area contributed by atoms with Gasteiger partial charge in [-0.05, 0) is 42.7 Å². The van der Waals surface area contributed by atoms with E-state index in [9.17, 15) is 18.0 Å². The Hall–Kier alpha value is -2.31. The van der Waals surface area contributed by atoms with Gasteiger partial charge in [0.05, 0.1) is 12.7 Å². The zero-order valence-electron chi connectivity index (χ0n) is 13.3. The van der Waals surface area contributed by atoms with Crippen LogP contribution in [0.15, 0.2) is 30.5 Å². The first-order valence-corrected chi connectivity index (χ1v) is 7.80.